The van der Waals surface area contributed by atoms with Crippen LogP contribution < -0.4 is 22.2 Å². The highest BCUT2D eigenvalue weighted by molar-refractivity contribution is 6.04. The minimum atomic E-state index is -0.355. The van der Waals surface area contributed by atoms with Gasteiger partial charge in [0.05, 0.1) is 77.1 Å². The third-order valence-corrected chi connectivity index (χ3v) is 13.3. The fourth-order valence-electron chi connectivity index (χ4n) is 9.86. The average molecular weight is 867 g/mol. The maximum atomic E-state index is 14.2. The highest BCUT2D eigenvalue weighted by Gasteiger charge is 2.25. The topological polar surface area (TPSA) is 130 Å². The zero-order chi connectivity index (χ0) is 46.0. The van der Waals surface area contributed by atoms with Crippen LogP contribution in [0.4, 0.5) is 0 Å². The number of benzene rings is 6. The van der Waals surface area contributed by atoms with Gasteiger partial charge in [0, 0.05) is 0 Å². The van der Waals surface area contributed by atoms with Gasteiger partial charge >= 0.3 is 0 Å². The molecule has 0 aliphatic rings. The zero-order valence-corrected chi connectivity index (χ0v) is 38.0. The number of hydrogen-bond acceptors (Lipinski definition) is 8. The zero-order valence-electron chi connectivity index (χ0n) is 38.0. The summed E-state index contributed by atoms with van der Waals surface area (Å²) in [5.41, 5.74) is 8.47. The van der Waals surface area contributed by atoms with E-state index in [9.17, 15) is 19.2 Å². The van der Waals surface area contributed by atoms with Crippen LogP contribution in [-0.2, 0) is 0 Å². The predicted molar refractivity (Wildman–Crippen MR) is 269 cm³/mol. The van der Waals surface area contributed by atoms with Gasteiger partial charge in [0.2, 0.25) is 0 Å². The van der Waals surface area contributed by atoms with Crippen molar-refractivity contribution in [1.82, 2.24) is 29.1 Å². The van der Waals surface area contributed by atoms with Gasteiger partial charge in [0.25, 0.3) is 22.2 Å². The Balaban J connectivity index is 1.04. The molecule has 0 N–H and O–H groups in total. The van der Waals surface area contributed by atoms with Crippen molar-refractivity contribution in [3.8, 4) is 11.4 Å². The highest BCUT2D eigenvalue weighted by atomic mass is 16.2. The van der Waals surface area contributed by atoms with Gasteiger partial charge in [0.15, 0.2) is 0 Å². The Hall–Kier alpha value is -7.72. The van der Waals surface area contributed by atoms with E-state index in [4.69, 9.17) is 19.9 Å². The first kappa shape index (κ1) is 41.0. The summed E-state index contributed by atoms with van der Waals surface area (Å²) in [4.78, 5) is 76.6. The Morgan fingerprint density at radius 1 is 0.318 bits per heavy atom. The molecule has 0 aliphatic heterocycles. The summed E-state index contributed by atoms with van der Waals surface area (Å²) >= 11 is 0. The molecule has 0 atom stereocenters. The second-order valence-corrected chi connectivity index (χ2v) is 18.9. The van der Waals surface area contributed by atoms with Gasteiger partial charge in [-0.1, -0.05) is 116 Å². The van der Waals surface area contributed by atoms with E-state index < -0.39 is 0 Å². The Bertz CT molecular complexity index is 3650. The van der Waals surface area contributed by atoms with E-state index in [-0.39, 0.29) is 45.9 Å². The molecular weight excluding hydrogens is 821 g/mol. The van der Waals surface area contributed by atoms with E-state index >= 15 is 0 Å². The van der Waals surface area contributed by atoms with Crippen molar-refractivity contribution in [3.63, 3.8) is 0 Å². The number of aromatic nitrogens is 6. The van der Waals surface area contributed by atoms with Crippen molar-refractivity contribution in [1.29, 1.82) is 0 Å². The number of fused-ring (bicyclic) bond motifs is 8. The molecule has 0 radical (unpaired) electrons. The first-order valence-electron chi connectivity index (χ1n) is 22.6. The fraction of sp³-hybridized carbons (Fsp3) is 0.214. The van der Waals surface area contributed by atoms with E-state index in [1.165, 1.54) is 9.13 Å². The lowest BCUT2D eigenvalue weighted by atomic mass is 9.92. The molecule has 0 fully saturated rings. The Kier molecular flexibility index (Phi) is 9.27. The molecule has 324 valence electrons. The summed E-state index contributed by atoms with van der Waals surface area (Å²) in [5, 5.41) is 4.99. The summed E-state index contributed by atoms with van der Waals surface area (Å²) in [6.07, 6.45) is 0. The van der Waals surface area contributed by atoms with E-state index in [0.29, 0.717) is 77.1 Å². The largest absolute Gasteiger partial charge is 0.268 e. The summed E-state index contributed by atoms with van der Waals surface area (Å²) < 4.78 is 2.70. The monoisotopic (exact) mass is 866 g/mol. The lowest BCUT2D eigenvalue weighted by Gasteiger charge is -2.19. The molecule has 0 bridgehead atoms. The van der Waals surface area contributed by atoms with Gasteiger partial charge in [-0.15, -0.1) is 0 Å². The molecule has 0 spiro atoms. The predicted octanol–water partition coefficient (Wildman–Crippen LogP) is 11.4. The van der Waals surface area contributed by atoms with Crippen molar-refractivity contribution >= 4 is 87.2 Å². The van der Waals surface area contributed by atoms with Gasteiger partial charge in [-0.3, -0.25) is 19.2 Å². The fourth-order valence-corrected chi connectivity index (χ4v) is 9.86. The first-order valence-corrected chi connectivity index (χ1v) is 22.6. The van der Waals surface area contributed by atoms with Crippen LogP contribution in [0.5, 0.6) is 0 Å². The highest BCUT2D eigenvalue weighted by Crippen LogP contribution is 2.33. The van der Waals surface area contributed by atoms with E-state index in [1.54, 1.807) is 24.3 Å². The minimum Gasteiger partial charge on any atom is -0.268 e. The van der Waals surface area contributed by atoms with E-state index in [1.807, 2.05) is 84.9 Å². The quantitative estimate of drug-likeness (QED) is 0.151. The Morgan fingerprint density at radius 3 is 0.742 bits per heavy atom. The SMILES string of the molecule is CC(C)c1cccc(C(C)C)c1-n1c(=O)c2cc3nc4cc5ccc6cc7nc8cc9c(=O)n(-c%10c(C(C)C)cccc%10C(C)C)c(=O)c9cc8nc7cc6ccc5cc4nc3cc2c1=O. The van der Waals surface area contributed by atoms with Crippen LogP contribution >= 0.6 is 0 Å². The average Bonchev–Trinajstić information content (AvgIpc) is 3.67. The van der Waals surface area contributed by atoms with Crippen LogP contribution in [0.1, 0.15) is 101 Å². The lowest BCUT2D eigenvalue weighted by molar-refractivity contribution is 0.795. The van der Waals surface area contributed by atoms with Crippen molar-refractivity contribution in [2.45, 2.75) is 79.1 Å². The summed E-state index contributed by atoms with van der Waals surface area (Å²) in [6.45, 7) is 16.6. The van der Waals surface area contributed by atoms with Crippen molar-refractivity contribution in [2.75, 3.05) is 0 Å². The van der Waals surface area contributed by atoms with Crippen molar-refractivity contribution in [2.24, 2.45) is 0 Å². The number of para-hydroxylation sites is 2. The molecule has 0 unspecified atom stereocenters. The standard InChI is InChI=1S/C56H46N6O4/c1-27(2)35-11-9-12-36(28(3)4)51(35)61-53(63)39-23-47-48(24-40(39)54(61)64)58-44-20-32-16-18-34-22-46-45(21-33(34)17-15-31(32)19-43(44)57-47)59-49-25-41-42(26-50(49)60-46)56(66)62(55(41)65)52-37(29(5)6)13-10-14-38(52)30(7)8/h9-30H,1-8H3. The molecule has 4 heterocycles. The molecule has 0 saturated carbocycles. The van der Waals surface area contributed by atoms with Crippen LogP contribution in [0.25, 0.3) is 98.6 Å². The maximum absolute atomic E-state index is 14.2. The van der Waals surface area contributed by atoms with Crippen LogP contribution in [-0.4, -0.2) is 29.1 Å². The molecule has 0 amide bonds. The van der Waals surface area contributed by atoms with Gasteiger partial charge < -0.3 is 0 Å². The van der Waals surface area contributed by atoms with Gasteiger partial charge in [-0.25, -0.2) is 29.1 Å². The molecule has 4 aromatic heterocycles. The Labute approximate surface area is 378 Å². The van der Waals surface area contributed by atoms with Gasteiger partial charge in [-0.05, 0) is 116 Å². The summed E-state index contributed by atoms with van der Waals surface area (Å²) in [6, 6.07) is 34.9. The molecule has 7 aromatic carbocycles. The lowest BCUT2D eigenvalue weighted by Crippen LogP contribution is -2.26. The molecule has 11 aromatic rings. The molecular formula is C56H46N6O4. The van der Waals surface area contributed by atoms with Crippen molar-refractivity contribution in [3.05, 3.63) is 173 Å². The second-order valence-electron chi connectivity index (χ2n) is 18.9. The van der Waals surface area contributed by atoms with E-state index in [2.05, 4.69) is 55.4 Å². The maximum Gasteiger partial charge on any atom is 0.266 e. The second kappa shape index (κ2) is 14.9. The summed E-state index contributed by atoms with van der Waals surface area (Å²) in [5.74, 6) is 0.409. The van der Waals surface area contributed by atoms with Gasteiger partial charge in [0.1, 0.15) is 0 Å². The third-order valence-electron chi connectivity index (χ3n) is 13.3. The molecule has 11 rings (SSSR count). The third kappa shape index (κ3) is 6.22. The molecule has 10 heteroatoms. The molecule has 0 aliphatic carbocycles. The van der Waals surface area contributed by atoms with Crippen molar-refractivity contribution < 1.29 is 0 Å². The number of nitrogens with zero attached hydrogens (tertiary/aromatic N) is 6. The molecule has 10 nitrogen and oxygen atoms in total. The van der Waals surface area contributed by atoms with Gasteiger partial charge in [-0.2, -0.15) is 0 Å². The molecule has 66 heavy (non-hydrogen) atoms. The first-order chi connectivity index (χ1) is 31.7. The van der Waals surface area contributed by atoms with Crippen LogP contribution in [0, 0.1) is 0 Å². The minimum absolute atomic E-state index is 0.102. The molecule has 0 saturated heterocycles. The summed E-state index contributed by atoms with van der Waals surface area (Å²) in [7, 11) is 0. The van der Waals surface area contributed by atoms with Crippen LogP contribution in [0.15, 0.2) is 128 Å². The number of rotatable bonds is 6. The van der Waals surface area contributed by atoms with Crippen LogP contribution in [0.3, 0.4) is 0 Å². The number of hydrogen-bond donors (Lipinski definition) is 0. The van der Waals surface area contributed by atoms with Crippen LogP contribution in [0.2, 0.25) is 0 Å². The van der Waals surface area contributed by atoms with E-state index in [0.717, 1.165) is 43.8 Å². The smallest absolute Gasteiger partial charge is 0.266 e. The Morgan fingerprint density at radius 2 is 0.530 bits per heavy atom. The normalized spacial score (nSPS) is 12.4.